The molecule has 1 amide bonds. The van der Waals surface area contributed by atoms with Crippen LogP contribution in [0.4, 0.5) is 0 Å². The number of rotatable bonds is 7. The van der Waals surface area contributed by atoms with Gasteiger partial charge < -0.3 is 10.3 Å². The fourth-order valence-electron chi connectivity index (χ4n) is 4.29. The number of benzene rings is 3. The van der Waals surface area contributed by atoms with E-state index in [9.17, 15) is 14.4 Å². The fraction of sp³-hybridized carbons (Fsp3) is 0.143. The number of aromatic amines is 1. The molecule has 0 aliphatic rings. The van der Waals surface area contributed by atoms with Crippen LogP contribution in [0, 0.1) is 0 Å². The second-order valence-electron chi connectivity index (χ2n) is 8.48. The molecule has 0 aliphatic heterocycles. The zero-order valence-electron chi connectivity index (χ0n) is 19.8. The molecule has 0 fully saturated rings. The van der Waals surface area contributed by atoms with Gasteiger partial charge in [-0.05, 0) is 53.4 Å². The molecule has 5 rings (SSSR count). The number of H-pyrrole nitrogens is 1. The maximum absolute atomic E-state index is 12.9. The number of amides is 1. The Bertz CT molecular complexity index is 1650. The molecule has 0 unspecified atom stereocenters. The Hall–Kier alpha value is -4.72. The SMILES string of the molecule is CCn1c(=O)[nH]c2cc(C(=O)NCc3ccccc3-c3ccc(Cn4cccn4)cc3)ccc2c1=O. The maximum atomic E-state index is 12.9. The lowest BCUT2D eigenvalue weighted by molar-refractivity contribution is 0.0951. The number of carbonyl (C=O) groups excluding carboxylic acids is 1. The van der Waals surface area contributed by atoms with Gasteiger partial charge in [0.1, 0.15) is 0 Å². The lowest BCUT2D eigenvalue weighted by atomic mass is 9.98. The summed E-state index contributed by atoms with van der Waals surface area (Å²) in [5, 5.41) is 7.57. The molecule has 0 atom stereocenters. The largest absolute Gasteiger partial charge is 0.348 e. The van der Waals surface area contributed by atoms with Crippen molar-refractivity contribution >= 4 is 16.8 Å². The lowest BCUT2D eigenvalue weighted by Crippen LogP contribution is -2.34. The van der Waals surface area contributed by atoms with Gasteiger partial charge in [0, 0.05) is 31.0 Å². The minimum Gasteiger partial charge on any atom is -0.348 e. The third-order valence-corrected chi connectivity index (χ3v) is 6.19. The van der Waals surface area contributed by atoms with Crippen molar-refractivity contribution < 1.29 is 4.79 Å². The first kappa shape index (κ1) is 23.0. The lowest BCUT2D eigenvalue weighted by Gasteiger charge is -2.12. The monoisotopic (exact) mass is 479 g/mol. The number of carbonyl (C=O) groups is 1. The van der Waals surface area contributed by atoms with E-state index in [0.29, 0.717) is 29.6 Å². The highest BCUT2D eigenvalue weighted by Crippen LogP contribution is 2.24. The van der Waals surface area contributed by atoms with Crippen LogP contribution >= 0.6 is 0 Å². The van der Waals surface area contributed by atoms with Crippen LogP contribution in [0.15, 0.2) is 94.8 Å². The van der Waals surface area contributed by atoms with Gasteiger partial charge in [-0.3, -0.25) is 18.8 Å². The van der Waals surface area contributed by atoms with E-state index in [2.05, 4.69) is 39.7 Å². The summed E-state index contributed by atoms with van der Waals surface area (Å²) in [6.07, 6.45) is 3.69. The number of hydrogen-bond donors (Lipinski definition) is 2. The Morgan fingerprint density at radius 3 is 2.56 bits per heavy atom. The van der Waals surface area contributed by atoms with Crippen LogP contribution in [0.25, 0.3) is 22.0 Å². The van der Waals surface area contributed by atoms with Gasteiger partial charge in [-0.1, -0.05) is 48.5 Å². The Morgan fingerprint density at radius 1 is 1.00 bits per heavy atom. The Balaban J connectivity index is 1.33. The van der Waals surface area contributed by atoms with E-state index in [4.69, 9.17) is 0 Å². The topological polar surface area (TPSA) is 102 Å². The van der Waals surface area contributed by atoms with Gasteiger partial charge in [-0.15, -0.1) is 0 Å². The zero-order chi connectivity index (χ0) is 25.1. The van der Waals surface area contributed by atoms with Crippen LogP contribution in [0.1, 0.15) is 28.4 Å². The van der Waals surface area contributed by atoms with Crippen molar-refractivity contribution in [3.63, 3.8) is 0 Å². The Morgan fingerprint density at radius 2 is 1.81 bits per heavy atom. The second-order valence-corrected chi connectivity index (χ2v) is 8.48. The Kier molecular flexibility index (Phi) is 6.32. The molecule has 0 bridgehead atoms. The van der Waals surface area contributed by atoms with E-state index < -0.39 is 5.69 Å². The van der Waals surface area contributed by atoms with Crippen LogP contribution in [-0.4, -0.2) is 25.2 Å². The molecule has 8 heteroatoms. The molecule has 2 N–H and O–H groups in total. The highest BCUT2D eigenvalue weighted by molar-refractivity contribution is 5.97. The summed E-state index contributed by atoms with van der Waals surface area (Å²) in [5.74, 6) is -0.290. The molecular weight excluding hydrogens is 454 g/mol. The molecule has 0 spiro atoms. The summed E-state index contributed by atoms with van der Waals surface area (Å²) in [5.41, 5.74) is 4.07. The number of nitrogens with zero attached hydrogens (tertiary/aromatic N) is 3. The first-order valence-electron chi connectivity index (χ1n) is 11.7. The van der Waals surface area contributed by atoms with Gasteiger partial charge in [-0.2, -0.15) is 5.10 Å². The summed E-state index contributed by atoms with van der Waals surface area (Å²) in [4.78, 5) is 40.2. The van der Waals surface area contributed by atoms with E-state index in [1.54, 1.807) is 25.3 Å². The average molecular weight is 480 g/mol. The quantitative estimate of drug-likeness (QED) is 0.373. The van der Waals surface area contributed by atoms with Gasteiger partial charge >= 0.3 is 5.69 Å². The molecule has 36 heavy (non-hydrogen) atoms. The normalized spacial score (nSPS) is 11.0. The molecule has 0 saturated carbocycles. The van der Waals surface area contributed by atoms with Crippen molar-refractivity contribution in [3.8, 4) is 11.1 Å². The predicted molar refractivity (Wildman–Crippen MR) is 139 cm³/mol. The first-order valence-corrected chi connectivity index (χ1v) is 11.7. The molecule has 0 saturated heterocycles. The maximum Gasteiger partial charge on any atom is 0.328 e. The van der Waals surface area contributed by atoms with Gasteiger partial charge in [0.05, 0.1) is 17.4 Å². The van der Waals surface area contributed by atoms with Crippen molar-refractivity contribution in [1.29, 1.82) is 0 Å². The summed E-state index contributed by atoms with van der Waals surface area (Å²) in [6, 6.07) is 22.8. The minimum atomic E-state index is -0.489. The molecule has 3 aromatic carbocycles. The van der Waals surface area contributed by atoms with Gasteiger partial charge in [0.25, 0.3) is 11.5 Å². The summed E-state index contributed by atoms with van der Waals surface area (Å²) in [7, 11) is 0. The van der Waals surface area contributed by atoms with Gasteiger partial charge in [0.15, 0.2) is 0 Å². The number of aromatic nitrogens is 4. The van der Waals surface area contributed by atoms with E-state index in [1.807, 2.05) is 41.2 Å². The van der Waals surface area contributed by atoms with Crippen LogP contribution in [0.2, 0.25) is 0 Å². The standard InChI is InChI=1S/C28H25N5O3/c1-2-33-27(35)24-13-12-21(16-25(24)31-28(33)36)26(34)29-17-22-6-3-4-7-23(22)20-10-8-19(9-11-20)18-32-15-5-14-30-32/h3-16H,2,17-18H2,1H3,(H,29,34)(H,31,36). The van der Waals surface area contributed by atoms with E-state index in [1.165, 1.54) is 6.07 Å². The molecule has 2 heterocycles. The number of nitrogens with one attached hydrogen (secondary N) is 2. The van der Waals surface area contributed by atoms with Gasteiger partial charge in [0.2, 0.25) is 0 Å². The molecule has 5 aromatic rings. The van der Waals surface area contributed by atoms with Gasteiger partial charge in [-0.25, -0.2) is 4.79 Å². The minimum absolute atomic E-state index is 0.277. The van der Waals surface area contributed by atoms with Crippen LogP contribution in [-0.2, 0) is 19.6 Å². The van der Waals surface area contributed by atoms with Crippen LogP contribution < -0.4 is 16.6 Å². The van der Waals surface area contributed by atoms with E-state index in [0.717, 1.165) is 26.8 Å². The smallest absolute Gasteiger partial charge is 0.328 e. The molecular formula is C28H25N5O3. The highest BCUT2D eigenvalue weighted by atomic mass is 16.2. The van der Waals surface area contributed by atoms with Crippen molar-refractivity contribution in [3.05, 3.63) is 123 Å². The molecule has 180 valence electrons. The first-order chi connectivity index (χ1) is 17.5. The number of hydrogen-bond acceptors (Lipinski definition) is 4. The van der Waals surface area contributed by atoms with Crippen molar-refractivity contribution in [2.75, 3.05) is 0 Å². The molecule has 8 nitrogen and oxygen atoms in total. The predicted octanol–water partition coefficient (Wildman–Crippen LogP) is 3.55. The second kappa shape index (κ2) is 9.87. The number of fused-ring (bicyclic) bond motifs is 1. The Labute approximate surface area is 206 Å². The van der Waals surface area contributed by atoms with E-state index >= 15 is 0 Å². The zero-order valence-corrected chi connectivity index (χ0v) is 19.8. The molecule has 0 aliphatic carbocycles. The van der Waals surface area contributed by atoms with Crippen molar-refractivity contribution in [2.24, 2.45) is 0 Å². The van der Waals surface area contributed by atoms with Crippen LogP contribution in [0.3, 0.4) is 0 Å². The average Bonchev–Trinajstić information content (AvgIpc) is 3.41. The van der Waals surface area contributed by atoms with Crippen LogP contribution in [0.5, 0.6) is 0 Å². The summed E-state index contributed by atoms with van der Waals surface area (Å²) in [6.45, 7) is 3.04. The van der Waals surface area contributed by atoms with E-state index in [-0.39, 0.29) is 18.0 Å². The highest BCUT2D eigenvalue weighted by Gasteiger charge is 2.12. The third-order valence-electron chi connectivity index (χ3n) is 6.19. The van der Waals surface area contributed by atoms with Crippen molar-refractivity contribution in [1.82, 2.24) is 24.6 Å². The molecule has 0 radical (unpaired) electrons. The fourth-order valence-corrected chi connectivity index (χ4v) is 4.29. The molecule has 2 aromatic heterocycles. The third kappa shape index (κ3) is 4.61. The summed E-state index contributed by atoms with van der Waals surface area (Å²) < 4.78 is 3.00. The van der Waals surface area contributed by atoms with Crippen molar-refractivity contribution in [2.45, 2.75) is 26.6 Å². The summed E-state index contributed by atoms with van der Waals surface area (Å²) >= 11 is 0.